The van der Waals surface area contributed by atoms with Crippen LogP contribution in [0.15, 0.2) is 36.8 Å². The van der Waals surface area contributed by atoms with E-state index in [1.54, 1.807) is 29.6 Å². The van der Waals surface area contributed by atoms with Gasteiger partial charge in [0.25, 0.3) is 5.91 Å². The largest absolute Gasteiger partial charge is 0.384 e. The van der Waals surface area contributed by atoms with Crippen molar-refractivity contribution in [3.05, 3.63) is 42.4 Å². The van der Waals surface area contributed by atoms with Gasteiger partial charge in [-0.25, -0.2) is 4.98 Å². The van der Waals surface area contributed by atoms with Gasteiger partial charge in [-0.3, -0.25) is 9.78 Å². The average Bonchev–Trinajstić information content (AvgIpc) is 2.62. The van der Waals surface area contributed by atoms with Crippen molar-refractivity contribution < 1.29 is 9.53 Å². The van der Waals surface area contributed by atoms with E-state index in [0.717, 1.165) is 24.0 Å². The fourth-order valence-corrected chi connectivity index (χ4v) is 2.73. The Morgan fingerprint density at radius 2 is 2.00 bits per heavy atom. The van der Waals surface area contributed by atoms with Crippen LogP contribution in [-0.4, -0.2) is 47.1 Å². The zero-order valence-electron chi connectivity index (χ0n) is 13.1. The molecule has 1 aliphatic heterocycles. The second-order valence-electron chi connectivity index (χ2n) is 5.69. The van der Waals surface area contributed by atoms with Crippen molar-refractivity contribution >= 4 is 11.7 Å². The number of ether oxygens (including phenoxy) is 1. The lowest BCUT2D eigenvalue weighted by Gasteiger charge is -2.31. The summed E-state index contributed by atoms with van der Waals surface area (Å²) in [7, 11) is 1.84. The molecule has 3 rings (SSSR count). The van der Waals surface area contributed by atoms with Crippen LogP contribution in [0.4, 0.5) is 5.82 Å². The van der Waals surface area contributed by atoms with E-state index in [0.29, 0.717) is 24.6 Å². The summed E-state index contributed by atoms with van der Waals surface area (Å²) < 4.78 is 5.35. The molecule has 120 valence electrons. The summed E-state index contributed by atoms with van der Waals surface area (Å²) in [5.74, 6) is 0.447. The highest BCUT2D eigenvalue weighted by Crippen LogP contribution is 2.21. The van der Waals surface area contributed by atoms with Gasteiger partial charge in [0.1, 0.15) is 5.82 Å². The van der Waals surface area contributed by atoms with E-state index in [1.165, 1.54) is 0 Å². The molecule has 1 amide bonds. The van der Waals surface area contributed by atoms with Crippen LogP contribution in [0.1, 0.15) is 23.2 Å². The minimum atomic E-state index is -0.0188. The fraction of sp³-hybridized carbons (Fsp3) is 0.353. The van der Waals surface area contributed by atoms with Crippen molar-refractivity contribution in [3.63, 3.8) is 0 Å². The quantitative estimate of drug-likeness (QED) is 0.937. The summed E-state index contributed by atoms with van der Waals surface area (Å²) in [6.45, 7) is 1.41. The predicted octanol–water partition coefficient (Wildman–Crippen LogP) is 1.98. The van der Waals surface area contributed by atoms with Gasteiger partial charge < -0.3 is 15.4 Å². The Hall–Kier alpha value is -2.47. The van der Waals surface area contributed by atoms with Crippen molar-refractivity contribution in [2.24, 2.45) is 0 Å². The van der Waals surface area contributed by atoms with E-state index in [-0.39, 0.29) is 11.9 Å². The van der Waals surface area contributed by atoms with Gasteiger partial charge in [0.2, 0.25) is 0 Å². The van der Waals surface area contributed by atoms with Crippen LogP contribution >= 0.6 is 0 Å². The predicted molar refractivity (Wildman–Crippen MR) is 87.8 cm³/mol. The van der Waals surface area contributed by atoms with Gasteiger partial charge in [0.05, 0.1) is 5.56 Å². The Labute approximate surface area is 135 Å². The number of hydrogen-bond acceptors (Lipinski definition) is 5. The molecule has 6 heteroatoms. The van der Waals surface area contributed by atoms with Crippen LogP contribution in [0, 0.1) is 0 Å². The molecule has 0 bridgehead atoms. The van der Waals surface area contributed by atoms with E-state index in [1.807, 2.05) is 19.2 Å². The number of carbonyl (C=O) groups is 1. The van der Waals surface area contributed by atoms with Crippen LogP contribution in [-0.2, 0) is 4.74 Å². The number of pyridine rings is 2. The highest BCUT2D eigenvalue weighted by atomic mass is 16.5. The third kappa shape index (κ3) is 3.48. The van der Waals surface area contributed by atoms with Gasteiger partial charge in [-0.2, -0.15) is 0 Å². The van der Waals surface area contributed by atoms with Crippen molar-refractivity contribution in [2.45, 2.75) is 18.9 Å². The summed E-state index contributed by atoms with van der Waals surface area (Å²) >= 11 is 0. The molecule has 2 aromatic rings. The van der Waals surface area contributed by atoms with Crippen molar-refractivity contribution in [3.8, 4) is 11.1 Å². The molecule has 2 aromatic heterocycles. The third-order valence-electron chi connectivity index (χ3n) is 4.16. The Morgan fingerprint density at radius 3 is 2.70 bits per heavy atom. The summed E-state index contributed by atoms with van der Waals surface area (Å²) in [5, 5.41) is 0. The molecule has 0 radical (unpaired) electrons. The minimum Gasteiger partial charge on any atom is -0.384 e. The molecule has 1 saturated heterocycles. The molecule has 3 heterocycles. The fourth-order valence-electron chi connectivity index (χ4n) is 2.73. The van der Waals surface area contributed by atoms with Crippen LogP contribution in [0.25, 0.3) is 11.1 Å². The molecule has 0 saturated carbocycles. The van der Waals surface area contributed by atoms with E-state index in [2.05, 4.69) is 9.97 Å². The van der Waals surface area contributed by atoms with E-state index >= 15 is 0 Å². The lowest BCUT2D eigenvalue weighted by Crippen LogP contribution is -2.40. The standard InChI is InChI=1S/C17H20N4O2/c1-21(15-4-6-23-7-5-15)17(22)14-8-13(9-19-10-14)12-2-3-16(18)20-11-12/h2-3,8-11,15H,4-7H2,1H3,(H2,18,20). The number of nitrogens with two attached hydrogens (primary N) is 1. The van der Waals surface area contributed by atoms with Crippen molar-refractivity contribution in [1.82, 2.24) is 14.9 Å². The molecule has 0 spiro atoms. The SMILES string of the molecule is CN(C(=O)c1cncc(-c2ccc(N)nc2)c1)C1CCOCC1. The minimum absolute atomic E-state index is 0.0188. The Kier molecular flexibility index (Phi) is 4.52. The molecule has 23 heavy (non-hydrogen) atoms. The average molecular weight is 312 g/mol. The van der Waals surface area contributed by atoms with Crippen LogP contribution in [0.2, 0.25) is 0 Å². The number of carbonyl (C=O) groups excluding carboxylic acids is 1. The second-order valence-corrected chi connectivity index (χ2v) is 5.69. The first-order chi connectivity index (χ1) is 11.1. The number of nitrogen functional groups attached to an aromatic ring is 1. The number of nitrogens with zero attached hydrogens (tertiary/aromatic N) is 3. The zero-order chi connectivity index (χ0) is 16.2. The van der Waals surface area contributed by atoms with E-state index in [4.69, 9.17) is 10.5 Å². The van der Waals surface area contributed by atoms with Crippen LogP contribution in [0.3, 0.4) is 0 Å². The Balaban J connectivity index is 1.81. The Bertz CT molecular complexity index is 681. The smallest absolute Gasteiger partial charge is 0.255 e. The van der Waals surface area contributed by atoms with Gasteiger partial charge in [0, 0.05) is 56.0 Å². The first kappa shape index (κ1) is 15.4. The molecular formula is C17H20N4O2. The van der Waals surface area contributed by atoms with Gasteiger partial charge in [0.15, 0.2) is 0 Å². The number of aromatic nitrogens is 2. The Morgan fingerprint density at radius 1 is 1.22 bits per heavy atom. The molecule has 1 fully saturated rings. The van der Waals surface area contributed by atoms with Gasteiger partial charge >= 0.3 is 0 Å². The lowest BCUT2D eigenvalue weighted by atomic mass is 10.0. The molecule has 0 unspecified atom stereocenters. The third-order valence-corrected chi connectivity index (χ3v) is 4.16. The highest BCUT2D eigenvalue weighted by Gasteiger charge is 2.23. The van der Waals surface area contributed by atoms with E-state index < -0.39 is 0 Å². The molecule has 2 N–H and O–H groups in total. The molecule has 1 aliphatic rings. The van der Waals surface area contributed by atoms with E-state index in [9.17, 15) is 4.79 Å². The summed E-state index contributed by atoms with van der Waals surface area (Å²) in [4.78, 5) is 22.8. The molecule has 0 aliphatic carbocycles. The number of anilines is 1. The maximum atomic E-state index is 12.7. The molecule has 6 nitrogen and oxygen atoms in total. The topological polar surface area (TPSA) is 81.3 Å². The normalized spacial score (nSPS) is 15.3. The maximum Gasteiger partial charge on any atom is 0.255 e. The zero-order valence-corrected chi connectivity index (χ0v) is 13.1. The highest BCUT2D eigenvalue weighted by molar-refractivity contribution is 5.95. The second kappa shape index (κ2) is 6.75. The molecule has 0 aromatic carbocycles. The first-order valence-electron chi connectivity index (χ1n) is 7.67. The van der Waals surface area contributed by atoms with Gasteiger partial charge in [-0.15, -0.1) is 0 Å². The summed E-state index contributed by atoms with van der Waals surface area (Å²) in [5.41, 5.74) is 7.92. The van der Waals surface area contributed by atoms with Crippen LogP contribution < -0.4 is 5.73 Å². The number of amides is 1. The van der Waals surface area contributed by atoms with Crippen LogP contribution in [0.5, 0.6) is 0 Å². The lowest BCUT2D eigenvalue weighted by molar-refractivity contribution is 0.0362. The van der Waals surface area contributed by atoms with Gasteiger partial charge in [-0.05, 0) is 31.0 Å². The maximum absolute atomic E-state index is 12.7. The monoisotopic (exact) mass is 312 g/mol. The summed E-state index contributed by atoms with van der Waals surface area (Å²) in [6.07, 6.45) is 6.75. The number of hydrogen-bond donors (Lipinski definition) is 1. The first-order valence-corrected chi connectivity index (χ1v) is 7.67. The molecular weight excluding hydrogens is 292 g/mol. The van der Waals surface area contributed by atoms with Crippen molar-refractivity contribution in [1.29, 1.82) is 0 Å². The van der Waals surface area contributed by atoms with Gasteiger partial charge in [-0.1, -0.05) is 0 Å². The van der Waals surface area contributed by atoms with Crippen molar-refractivity contribution in [2.75, 3.05) is 26.0 Å². The number of rotatable bonds is 3. The molecule has 0 atom stereocenters. The summed E-state index contributed by atoms with van der Waals surface area (Å²) in [6, 6.07) is 5.67.